The van der Waals surface area contributed by atoms with Gasteiger partial charge in [0.1, 0.15) is 0 Å². The summed E-state index contributed by atoms with van der Waals surface area (Å²) in [4.78, 5) is 24.7. The minimum Gasteiger partial charge on any atom is -0.270 e. The van der Waals surface area contributed by atoms with Crippen LogP contribution in [0.15, 0.2) is 35.9 Å². The van der Waals surface area contributed by atoms with Crippen LogP contribution in [0, 0.1) is 0 Å². The van der Waals surface area contributed by atoms with Crippen molar-refractivity contribution in [1.82, 2.24) is 4.90 Å². The van der Waals surface area contributed by atoms with E-state index in [1.165, 1.54) is 10.4 Å². The number of hydrogen-bond donors (Lipinski definition) is 0. The summed E-state index contributed by atoms with van der Waals surface area (Å²) in [5.74, 6) is -0.518. The second-order valence-corrected chi connectivity index (χ2v) is 3.38. The zero-order valence-electron chi connectivity index (χ0n) is 7.81. The minimum absolute atomic E-state index is 0.218. The lowest BCUT2D eigenvalue weighted by Crippen LogP contribution is -2.29. The van der Waals surface area contributed by atoms with E-state index in [9.17, 15) is 9.59 Å². The summed E-state index contributed by atoms with van der Waals surface area (Å²) in [5.41, 5.74) is 2.22. The highest BCUT2D eigenvalue weighted by atomic mass is 35.5. The molecule has 0 unspecified atom stereocenters. The third kappa shape index (κ3) is 1.55. The first kappa shape index (κ1) is 9.93. The van der Waals surface area contributed by atoms with E-state index in [1.807, 2.05) is 0 Å². The number of nitrogens with zero attached hydrogens (tertiary/aromatic N) is 1. The van der Waals surface area contributed by atoms with Gasteiger partial charge in [0, 0.05) is 12.1 Å². The number of hydrogen-bond acceptors (Lipinski definition) is 2. The molecule has 0 spiro atoms. The van der Waals surface area contributed by atoms with E-state index in [1.54, 1.807) is 30.3 Å². The maximum Gasteiger partial charge on any atom is 0.261 e. The van der Waals surface area contributed by atoms with Crippen molar-refractivity contribution in [2.45, 2.75) is 0 Å². The summed E-state index contributed by atoms with van der Waals surface area (Å²) in [7, 11) is 0. The van der Waals surface area contributed by atoms with Gasteiger partial charge >= 0.3 is 0 Å². The third-order valence-corrected chi connectivity index (χ3v) is 2.43. The van der Waals surface area contributed by atoms with Gasteiger partial charge in [0.05, 0.1) is 11.1 Å². The molecule has 0 aromatic heterocycles. The Labute approximate surface area is 91.9 Å². The Bertz CT molecular complexity index is 419. The van der Waals surface area contributed by atoms with Crippen LogP contribution in [-0.2, 0) is 0 Å². The summed E-state index contributed by atoms with van der Waals surface area (Å²) in [6.07, 6.45) is 1.56. The largest absolute Gasteiger partial charge is 0.270 e. The summed E-state index contributed by atoms with van der Waals surface area (Å²) >= 11 is 5.36. The Morgan fingerprint density at radius 1 is 1.13 bits per heavy atom. The van der Waals surface area contributed by atoms with Crippen molar-refractivity contribution in [1.29, 1.82) is 0 Å². The van der Waals surface area contributed by atoms with Crippen LogP contribution >= 0.6 is 11.6 Å². The lowest BCUT2D eigenvalue weighted by atomic mass is 10.1. The fraction of sp³-hybridized carbons (Fsp3) is 0.0909. The van der Waals surface area contributed by atoms with Gasteiger partial charge in [-0.2, -0.15) is 0 Å². The molecule has 3 nitrogen and oxygen atoms in total. The molecule has 2 amide bonds. The van der Waals surface area contributed by atoms with Crippen LogP contribution < -0.4 is 0 Å². The van der Waals surface area contributed by atoms with E-state index in [0.29, 0.717) is 11.1 Å². The van der Waals surface area contributed by atoms with Crippen LogP contribution in [-0.4, -0.2) is 23.3 Å². The molecule has 4 heteroatoms. The first-order valence-corrected chi connectivity index (χ1v) is 4.90. The van der Waals surface area contributed by atoms with Crippen LogP contribution in [0.3, 0.4) is 0 Å². The van der Waals surface area contributed by atoms with E-state index in [0.717, 1.165) is 0 Å². The van der Waals surface area contributed by atoms with E-state index in [4.69, 9.17) is 11.6 Å². The Kier molecular flexibility index (Phi) is 2.56. The number of halogens is 1. The topological polar surface area (TPSA) is 37.4 Å². The van der Waals surface area contributed by atoms with Crippen molar-refractivity contribution in [2.75, 3.05) is 6.54 Å². The van der Waals surface area contributed by atoms with Crippen LogP contribution in [0.5, 0.6) is 0 Å². The monoisotopic (exact) mass is 221 g/mol. The summed E-state index contributed by atoms with van der Waals surface area (Å²) in [5, 5.41) is 0. The Morgan fingerprint density at radius 2 is 1.67 bits per heavy atom. The molecule has 1 aromatic rings. The van der Waals surface area contributed by atoms with Gasteiger partial charge in [-0.15, -0.1) is 0 Å². The van der Waals surface area contributed by atoms with Crippen LogP contribution in [0.4, 0.5) is 0 Å². The molecule has 1 aliphatic heterocycles. The quantitative estimate of drug-likeness (QED) is 0.717. The first-order valence-electron chi connectivity index (χ1n) is 4.46. The molecule has 0 fully saturated rings. The number of imide groups is 1. The third-order valence-electron chi connectivity index (χ3n) is 2.26. The number of carbonyl (C=O) groups is 2. The van der Waals surface area contributed by atoms with E-state index >= 15 is 0 Å². The summed E-state index contributed by atoms with van der Waals surface area (Å²) in [6.45, 7) is 0.218. The van der Waals surface area contributed by atoms with Crippen molar-refractivity contribution in [3.8, 4) is 0 Å². The molecule has 0 aliphatic carbocycles. The van der Waals surface area contributed by atoms with Gasteiger partial charge < -0.3 is 0 Å². The van der Waals surface area contributed by atoms with Crippen molar-refractivity contribution in [2.24, 2.45) is 0 Å². The Morgan fingerprint density at radius 3 is 2.13 bits per heavy atom. The van der Waals surface area contributed by atoms with Gasteiger partial charge in [-0.25, -0.2) is 0 Å². The van der Waals surface area contributed by atoms with E-state index < -0.39 is 0 Å². The molecule has 0 radical (unpaired) electrons. The SMILES string of the molecule is O=C1c2ccccc2C(=O)N1C/C=C\Cl. The second-order valence-electron chi connectivity index (χ2n) is 3.13. The zero-order valence-corrected chi connectivity index (χ0v) is 8.57. The maximum absolute atomic E-state index is 11.7. The maximum atomic E-state index is 11.7. The molecule has 1 aromatic carbocycles. The van der Waals surface area contributed by atoms with Crippen molar-refractivity contribution >= 4 is 23.4 Å². The molecule has 1 heterocycles. The fourth-order valence-corrected chi connectivity index (χ4v) is 1.63. The van der Waals surface area contributed by atoms with Crippen molar-refractivity contribution < 1.29 is 9.59 Å². The fourth-order valence-electron chi connectivity index (χ4n) is 1.55. The molecular weight excluding hydrogens is 214 g/mol. The number of carbonyl (C=O) groups excluding carboxylic acids is 2. The summed E-state index contributed by atoms with van der Waals surface area (Å²) < 4.78 is 0. The molecule has 1 aliphatic rings. The standard InChI is InChI=1S/C11H8ClNO2/c12-6-3-7-13-10(14)8-4-1-2-5-9(8)11(13)15/h1-6H,7H2/b6-3-. The van der Waals surface area contributed by atoms with E-state index in [-0.39, 0.29) is 18.4 Å². The molecule has 0 bridgehead atoms. The predicted octanol–water partition coefficient (Wildman–Crippen LogP) is 2.04. The molecular formula is C11H8ClNO2. The Hall–Kier alpha value is -1.61. The number of fused-ring (bicyclic) bond motifs is 1. The highest BCUT2D eigenvalue weighted by molar-refractivity contribution is 6.25. The van der Waals surface area contributed by atoms with Gasteiger partial charge in [0.15, 0.2) is 0 Å². The predicted molar refractivity (Wildman–Crippen MR) is 56.8 cm³/mol. The highest BCUT2D eigenvalue weighted by Crippen LogP contribution is 2.21. The lowest BCUT2D eigenvalue weighted by molar-refractivity contribution is 0.0672. The molecule has 0 saturated heterocycles. The normalized spacial score (nSPS) is 15.1. The number of rotatable bonds is 2. The molecule has 76 valence electrons. The first-order chi connectivity index (χ1) is 7.25. The smallest absolute Gasteiger partial charge is 0.261 e. The van der Waals surface area contributed by atoms with Crippen LogP contribution in [0.2, 0.25) is 0 Å². The molecule has 0 atom stereocenters. The number of benzene rings is 1. The lowest BCUT2D eigenvalue weighted by Gasteiger charge is -2.09. The van der Waals surface area contributed by atoms with Gasteiger partial charge in [0.2, 0.25) is 0 Å². The van der Waals surface area contributed by atoms with Gasteiger partial charge in [-0.05, 0) is 12.1 Å². The Balaban J connectivity index is 2.37. The second kappa shape index (κ2) is 3.87. The summed E-state index contributed by atoms with van der Waals surface area (Å²) in [6, 6.07) is 6.79. The van der Waals surface area contributed by atoms with E-state index in [2.05, 4.69) is 0 Å². The molecule has 0 saturated carbocycles. The minimum atomic E-state index is -0.259. The number of amides is 2. The van der Waals surface area contributed by atoms with Crippen molar-refractivity contribution in [3.63, 3.8) is 0 Å². The average molecular weight is 222 g/mol. The molecule has 15 heavy (non-hydrogen) atoms. The van der Waals surface area contributed by atoms with Gasteiger partial charge in [-0.1, -0.05) is 29.8 Å². The highest BCUT2D eigenvalue weighted by Gasteiger charge is 2.33. The van der Waals surface area contributed by atoms with Crippen molar-refractivity contribution in [3.05, 3.63) is 47.0 Å². The molecule has 2 rings (SSSR count). The average Bonchev–Trinajstić information content (AvgIpc) is 2.51. The van der Waals surface area contributed by atoms with Gasteiger partial charge in [0.25, 0.3) is 11.8 Å². The van der Waals surface area contributed by atoms with Gasteiger partial charge in [-0.3, -0.25) is 14.5 Å². The van der Waals surface area contributed by atoms with Crippen LogP contribution in [0.1, 0.15) is 20.7 Å². The van der Waals surface area contributed by atoms with Crippen LogP contribution in [0.25, 0.3) is 0 Å². The zero-order chi connectivity index (χ0) is 10.8. The molecule has 0 N–H and O–H groups in total.